The summed E-state index contributed by atoms with van der Waals surface area (Å²) >= 11 is 0. The Kier molecular flexibility index (Phi) is 1.74. The van der Waals surface area contributed by atoms with Crippen molar-refractivity contribution in [3.63, 3.8) is 0 Å². The third-order valence-corrected chi connectivity index (χ3v) is 1.82. The number of anilines is 4. The maximum Gasteiger partial charge on any atom is 0.292 e. The number of hydrogen-bond acceptors (Lipinski definition) is 11. The van der Waals surface area contributed by atoms with Crippen LogP contribution in [0.15, 0.2) is 4.63 Å². The summed E-state index contributed by atoms with van der Waals surface area (Å²) in [6, 6.07) is 0. The number of nitrogens with zero attached hydrogens (tertiary/aromatic N) is 8. The van der Waals surface area contributed by atoms with E-state index in [-0.39, 0.29) is 29.3 Å². The van der Waals surface area contributed by atoms with Gasteiger partial charge in [-0.2, -0.15) is 4.52 Å². The molecule has 3 aromatic heterocycles. The molecular formula is C5H5N11O. The van der Waals surface area contributed by atoms with Gasteiger partial charge < -0.3 is 16.8 Å². The standard InChI is InChI=1S/C5H5N11O/c6-1-2(15-17-14-1)8-4-10-12-5-11-9-3(7)16(5)13-4/h(H2,6,14)(H2,7,9)(H,8,13,15). The summed E-state index contributed by atoms with van der Waals surface area (Å²) in [6.07, 6.45) is 0. The lowest BCUT2D eigenvalue weighted by atomic mass is 10.6. The molecule has 0 aliphatic rings. The van der Waals surface area contributed by atoms with E-state index in [2.05, 4.69) is 45.8 Å². The van der Waals surface area contributed by atoms with E-state index in [0.717, 1.165) is 0 Å². The van der Waals surface area contributed by atoms with Gasteiger partial charge in [-0.05, 0) is 10.3 Å². The molecule has 0 bridgehead atoms. The number of aromatic nitrogens is 8. The molecule has 86 valence electrons. The van der Waals surface area contributed by atoms with Gasteiger partial charge in [0.15, 0.2) is 0 Å². The molecule has 0 amide bonds. The van der Waals surface area contributed by atoms with Gasteiger partial charge in [0.1, 0.15) is 0 Å². The van der Waals surface area contributed by atoms with Gasteiger partial charge in [-0.25, -0.2) is 4.63 Å². The molecule has 0 aliphatic heterocycles. The number of fused-ring (bicyclic) bond motifs is 1. The van der Waals surface area contributed by atoms with E-state index in [1.54, 1.807) is 0 Å². The van der Waals surface area contributed by atoms with Crippen molar-refractivity contribution in [3.05, 3.63) is 0 Å². The lowest BCUT2D eigenvalue weighted by Crippen LogP contribution is -2.07. The van der Waals surface area contributed by atoms with Gasteiger partial charge in [-0.15, -0.1) is 25.5 Å². The van der Waals surface area contributed by atoms with E-state index in [0.29, 0.717) is 0 Å². The Labute approximate surface area is 92.0 Å². The molecule has 17 heavy (non-hydrogen) atoms. The van der Waals surface area contributed by atoms with Crippen LogP contribution in [0.4, 0.5) is 23.5 Å². The molecule has 3 aromatic rings. The molecule has 0 fully saturated rings. The summed E-state index contributed by atoms with van der Waals surface area (Å²) in [6.45, 7) is 0. The Hall–Kier alpha value is -3.05. The molecule has 0 unspecified atom stereocenters. The average Bonchev–Trinajstić information content (AvgIpc) is 2.88. The number of nitrogens with one attached hydrogen (secondary N) is 1. The Morgan fingerprint density at radius 3 is 2.65 bits per heavy atom. The molecule has 12 heteroatoms. The summed E-state index contributed by atoms with van der Waals surface area (Å²) in [7, 11) is 0. The molecule has 12 nitrogen and oxygen atoms in total. The molecular weight excluding hydrogens is 230 g/mol. The topological polar surface area (TPSA) is 172 Å². The minimum Gasteiger partial charge on any atom is -0.378 e. The van der Waals surface area contributed by atoms with E-state index in [1.165, 1.54) is 4.52 Å². The molecule has 0 saturated carbocycles. The first kappa shape index (κ1) is 9.20. The summed E-state index contributed by atoms with van der Waals surface area (Å²) in [5.41, 5.74) is 11.0. The Bertz CT molecular complexity index is 669. The smallest absolute Gasteiger partial charge is 0.292 e. The largest absolute Gasteiger partial charge is 0.378 e. The molecule has 5 N–H and O–H groups in total. The van der Waals surface area contributed by atoms with Crippen molar-refractivity contribution in [1.82, 2.24) is 40.3 Å². The van der Waals surface area contributed by atoms with E-state index in [4.69, 9.17) is 11.5 Å². The zero-order valence-electron chi connectivity index (χ0n) is 8.14. The molecule has 0 aliphatic carbocycles. The minimum absolute atomic E-state index is 0.0745. The predicted octanol–water partition coefficient (Wildman–Crippen LogP) is -1.79. The van der Waals surface area contributed by atoms with Crippen molar-refractivity contribution in [1.29, 1.82) is 0 Å². The zero-order chi connectivity index (χ0) is 11.8. The first-order valence-electron chi connectivity index (χ1n) is 4.30. The van der Waals surface area contributed by atoms with Crippen LogP contribution in [0.2, 0.25) is 0 Å². The number of rotatable bonds is 2. The van der Waals surface area contributed by atoms with E-state index in [9.17, 15) is 0 Å². The van der Waals surface area contributed by atoms with E-state index >= 15 is 0 Å². The van der Waals surface area contributed by atoms with Crippen molar-refractivity contribution in [2.24, 2.45) is 0 Å². The van der Waals surface area contributed by atoms with Crippen LogP contribution in [0.3, 0.4) is 0 Å². The van der Waals surface area contributed by atoms with Crippen molar-refractivity contribution >= 4 is 29.3 Å². The van der Waals surface area contributed by atoms with Gasteiger partial charge in [0, 0.05) is 0 Å². The quantitative estimate of drug-likeness (QED) is 0.457. The maximum atomic E-state index is 5.51. The van der Waals surface area contributed by atoms with Gasteiger partial charge in [0.2, 0.25) is 17.6 Å². The summed E-state index contributed by atoms with van der Waals surface area (Å²) in [4.78, 5) is 0. The lowest BCUT2D eigenvalue weighted by molar-refractivity contribution is 0.310. The Balaban J connectivity index is 2.01. The highest BCUT2D eigenvalue weighted by atomic mass is 16.6. The van der Waals surface area contributed by atoms with Crippen LogP contribution in [0.25, 0.3) is 5.78 Å². The van der Waals surface area contributed by atoms with Crippen LogP contribution in [0.5, 0.6) is 0 Å². The van der Waals surface area contributed by atoms with Crippen LogP contribution >= 0.6 is 0 Å². The zero-order valence-corrected chi connectivity index (χ0v) is 8.14. The van der Waals surface area contributed by atoms with Gasteiger partial charge in [-0.1, -0.05) is 0 Å². The first-order valence-corrected chi connectivity index (χ1v) is 4.30. The first-order chi connectivity index (χ1) is 8.24. The molecule has 3 heterocycles. The second kappa shape index (κ2) is 3.22. The minimum atomic E-state index is 0.0745. The van der Waals surface area contributed by atoms with Crippen LogP contribution in [-0.2, 0) is 0 Å². The number of nitrogens with two attached hydrogens (primary N) is 2. The Morgan fingerprint density at radius 2 is 1.88 bits per heavy atom. The average molecular weight is 235 g/mol. The van der Waals surface area contributed by atoms with E-state index < -0.39 is 0 Å². The summed E-state index contributed by atoms with van der Waals surface area (Å²) < 4.78 is 5.60. The van der Waals surface area contributed by atoms with E-state index in [1.807, 2.05) is 0 Å². The third-order valence-electron chi connectivity index (χ3n) is 1.82. The third kappa shape index (κ3) is 1.43. The molecule has 3 rings (SSSR count). The van der Waals surface area contributed by atoms with Gasteiger partial charge in [0.05, 0.1) is 0 Å². The van der Waals surface area contributed by atoms with Crippen molar-refractivity contribution in [2.45, 2.75) is 0 Å². The molecule has 0 aromatic carbocycles. The highest BCUT2D eigenvalue weighted by Crippen LogP contribution is 2.14. The maximum absolute atomic E-state index is 5.51. The van der Waals surface area contributed by atoms with Gasteiger partial charge >= 0.3 is 0 Å². The fraction of sp³-hybridized carbons (Fsp3) is 0. The van der Waals surface area contributed by atoms with Gasteiger partial charge in [0.25, 0.3) is 11.7 Å². The molecule has 0 saturated heterocycles. The van der Waals surface area contributed by atoms with Crippen molar-refractivity contribution < 1.29 is 4.63 Å². The second-order valence-electron chi connectivity index (χ2n) is 2.92. The number of hydrogen-bond donors (Lipinski definition) is 3. The normalized spacial score (nSPS) is 10.8. The Morgan fingerprint density at radius 1 is 1.06 bits per heavy atom. The fourth-order valence-electron chi connectivity index (χ4n) is 1.09. The van der Waals surface area contributed by atoms with Crippen LogP contribution in [0, 0.1) is 0 Å². The molecule has 0 spiro atoms. The summed E-state index contributed by atoms with van der Waals surface area (Å²) in [5.74, 6) is 0.623. The van der Waals surface area contributed by atoms with Crippen LogP contribution in [-0.4, -0.2) is 40.3 Å². The monoisotopic (exact) mass is 235 g/mol. The van der Waals surface area contributed by atoms with Crippen LogP contribution in [0.1, 0.15) is 0 Å². The predicted molar refractivity (Wildman–Crippen MR) is 52.8 cm³/mol. The van der Waals surface area contributed by atoms with Crippen molar-refractivity contribution in [3.8, 4) is 0 Å². The SMILES string of the molecule is Nc1nonc1Nc1nnc2nnc(N)n2n1. The highest BCUT2D eigenvalue weighted by molar-refractivity contribution is 5.60. The van der Waals surface area contributed by atoms with Crippen molar-refractivity contribution in [2.75, 3.05) is 16.8 Å². The number of nitrogen functional groups attached to an aromatic ring is 2. The van der Waals surface area contributed by atoms with Crippen LogP contribution < -0.4 is 16.8 Å². The second-order valence-corrected chi connectivity index (χ2v) is 2.92. The lowest BCUT2D eigenvalue weighted by Gasteiger charge is -1.99. The molecule has 0 atom stereocenters. The van der Waals surface area contributed by atoms with Gasteiger partial charge in [-0.3, -0.25) is 0 Å². The highest BCUT2D eigenvalue weighted by Gasteiger charge is 2.11. The molecule has 0 radical (unpaired) electrons. The summed E-state index contributed by atoms with van der Waals surface area (Å²) in [5, 5.41) is 28.2. The fourth-order valence-corrected chi connectivity index (χ4v) is 1.09.